The molecule has 2 heteroatoms. The molecular weight excluding hydrogens is 282 g/mol. The van der Waals surface area contributed by atoms with Crippen LogP contribution in [0.25, 0.3) is 10.8 Å². The molecule has 2 atom stereocenters. The number of ether oxygens (including phenoxy) is 1. The lowest BCUT2D eigenvalue weighted by Gasteiger charge is -2.34. The van der Waals surface area contributed by atoms with Crippen LogP contribution in [0, 0.1) is 0 Å². The van der Waals surface area contributed by atoms with E-state index in [1.54, 1.807) is 0 Å². The van der Waals surface area contributed by atoms with Crippen LogP contribution in [-0.2, 0) is 0 Å². The molecule has 1 aliphatic rings. The van der Waals surface area contributed by atoms with Crippen molar-refractivity contribution in [1.82, 2.24) is 5.32 Å². The average Bonchev–Trinajstić information content (AvgIpc) is 2.62. The van der Waals surface area contributed by atoms with Crippen LogP contribution in [0.1, 0.15) is 43.2 Å². The summed E-state index contributed by atoms with van der Waals surface area (Å²) in [5.41, 5.74) is 2.48. The molecule has 4 rings (SSSR count). The van der Waals surface area contributed by atoms with Crippen LogP contribution < -0.4 is 10.1 Å². The summed E-state index contributed by atoms with van der Waals surface area (Å²) < 4.78 is 6.29. The van der Waals surface area contributed by atoms with Crippen LogP contribution in [0.4, 0.5) is 0 Å². The summed E-state index contributed by atoms with van der Waals surface area (Å²) in [4.78, 5) is 0. The number of rotatable bonds is 3. The molecule has 23 heavy (non-hydrogen) atoms. The second kappa shape index (κ2) is 6.05. The fraction of sp³-hybridized carbons (Fsp3) is 0.238. The zero-order chi connectivity index (χ0) is 15.6. The quantitative estimate of drug-likeness (QED) is 0.703. The van der Waals surface area contributed by atoms with Crippen molar-refractivity contribution in [2.45, 2.75) is 32.0 Å². The smallest absolute Gasteiger partial charge is 0.177 e. The number of hydrogen-bond acceptors (Lipinski definition) is 2. The molecule has 0 amide bonds. The molecule has 116 valence electrons. The molecule has 0 aliphatic carbocycles. The molecule has 1 heterocycles. The minimum absolute atomic E-state index is 0.0820. The topological polar surface area (TPSA) is 21.3 Å². The van der Waals surface area contributed by atoms with E-state index in [0.717, 1.165) is 18.6 Å². The predicted octanol–water partition coefficient (Wildman–Crippen LogP) is 5.36. The van der Waals surface area contributed by atoms with Gasteiger partial charge in [0.1, 0.15) is 5.75 Å². The summed E-state index contributed by atoms with van der Waals surface area (Å²) in [6.45, 7) is 2.24. The third-order valence-electron chi connectivity index (χ3n) is 4.56. The van der Waals surface area contributed by atoms with Gasteiger partial charge in [0.05, 0.1) is 0 Å². The molecule has 0 fully saturated rings. The lowest BCUT2D eigenvalue weighted by atomic mass is 9.93. The van der Waals surface area contributed by atoms with Crippen molar-refractivity contribution in [3.8, 4) is 5.75 Å². The second-order valence-electron chi connectivity index (χ2n) is 6.12. The molecule has 0 bridgehead atoms. The first-order valence-corrected chi connectivity index (χ1v) is 8.36. The molecule has 1 N–H and O–H groups in total. The Morgan fingerprint density at radius 2 is 1.70 bits per heavy atom. The zero-order valence-corrected chi connectivity index (χ0v) is 13.3. The van der Waals surface area contributed by atoms with Crippen molar-refractivity contribution in [2.24, 2.45) is 0 Å². The molecule has 3 aromatic rings. The van der Waals surface area contributed by atoms with Crippen molar-refractivity contribution in [3.05, 3.63) is 77.9 Å². The molecule has 0 aromatic heterocycles. The van der Waals surface area contributed by atoms with Gasteiger partial charge >= 0.3 is 0 Å². The Labute approximate surface area is 137 Å². The largest absolute Gasteiger partial charge is 0.471 e. The van der Waals surface area contributed by atoms with E-state index in [-0.39, 0.29) is 6.23 Å². The SMILES string of the molecule is CCC[C@H]1N[C@H](c2ccccc2)Oc2ccc3ccccc3c21. The Morgan fingerprint density at radius 3 is 2.52 bits per heavy atom. The van der Waals surface area contributed by atoms with Crippen molar-refractivity contribution >= 4 is 10.8 Å². The molecule has 0 unspecified atom stereocenters. The fourth-order valence-electron chi connectivity index (χ4n) is 3.47. The molecule has 1 aliphatic heterocycles. The van der Waals surface area contributed by atoms with Gasteiger partial charge in [0.15, 0.2) is 6.23 Å². The van der Waals surface area contributed by atoms with Gasteiger partial charge in [0.25, 0.3) is 0 Å². The van der Waals surface area contributed by atoms with Gasteiger partial charge in [0.2, 0.25) is 0 Å². The molecule has 0 saturated heterocycles. The highest BCUT2D eigenvalue weighted by Crippen LogP contribution is 2.41. The first-order chi connectivity index (χ1) is 11.4. The Hall–Kier alpha value is -2.32. The molecule has 0 saturated carbocycles. The van der Waals surface area contributed by atoms with Gasteiger partial charge in [0, 0.05) is 17.2 Å². The molecule has 0 spiro atoms. The number of fused-ring (bicyclic) bond motifs is 3. The highest BCUT2D eigenvalue weighted by atomic mass is 16.5. The maximum absolute atomic E-state index is 6.29. The summed E-state index contributed by atoms with van der Waals surface area (Å²) in [6, 6.07) is 23.6. The maximum atomic E-state index is 6.29. The summed E-state index contributed by atoms with van der Waals surface area (Å²) in [7, 11) is 0. The lowest BCUT2D eigenvalue weighted by molar-refractivity contribution is 0.122. The van der Waals surface area contributed by atoms with Crippen LogP contribution in [-0.4, -0.2) is 0 Å². The van der Waals surface area contributed by atoms with Gasteiger partial charge in [-0.15, -0.1) is 0 Å². The molecule has 3 aromatic carbocycles. The highest BCUT2D eigenvalue weighted by Gasteiger charge is 2.29. The number of nitrogens with one attached hydrogen (secondary N) is 1. The number of hydrogen-bond donors (Lipinski definition) is 1. The molecular formula is C21H21NO. The Balaban J connectivity index is 1.81. The lowest BCUT2D eigenvalue weighted by Crippen LogP contribution is -2.35. The van der Waals surface area contributed by atoms with Crippen molar-refractivity contribution < 1.29 is 4.74 Å². The van der Waals surface area contributed by atoms with Crippen LogP contribution in [0.2, 0.25) is 0 Å². The summed E-state index contributed by atoms with van der Waals surface area (Å²) >= 11 is 0. The van der Waals surface area contributed by atoms with Crippen LogP contribution in [0.15, 0.2) is 66.7 Å². The van der Waals surface area contributed by atoms with E-state index in [9.17, 15) is 0 Å². The van der Waals surface area contributed by atoms with E-state index in [4.69, 9.17) is 4.74 Å². The van der Waals surface area contributed by atoms with Gasteiger partial charge < -0.3 is 4.74 Å². The van der Waals surface area contributed by atoms with Crippen molar-refractivity contribution in [2.75, 3.05) is 0 Å². The van der Waals surface area contributed by atoms with E-state index < -0.39 is 0 Å². The Bertz CT molecular complexity index is 812. The summed E-state index contributed by atoms with van der Waals surface area (Å²) in [5.74, 6) is 1.01. The van der Waals surface area contributed by atoms with E-state index >= 15 is 0 Å². The fourth-order valence-corrected chi connectivity index (χ4v) is 3.47. The average molecular weight is 303 g/mol. The Morgan fingerprint density at radius 1 is 0.913 bits per heavy atom. The van der Waals surface area contributed by atoms with Gasteiger partial charge in [-0.3, -0.25) is 5.32 Å². The van der Waals surface area contributed by atoms with Crippen molar-refractivity contribution in [1.29, 1.82) is 0 Å². The van der Waals surface area contributed by atoms with Gasteiger partial charge in [-0.25, -0.2) is 0 Å². The highest BCUT2D eigenvalue weighted by molar-refractivity contribution is 5.88. The monoisotopic (exact) mass is 303 g/mol. The van der Waals surface area contributed by atoms with Crippen LogP contribution >= 0.6 is 0 Å². The van der Waals surface area contributed by atoms with E-state index in [1.807, 2.05) is 6.07 Å². The van der Waals surface area contributed by atoms with Crippen LogP contribution in [0.5, 0.6) is 5.75 Å². The zero-order valence-electron chi connectivity index (χ0n) is 13.3. The van der Waals surface area contributed by atoms with E-state index in [0.29, 0.717) is 6.04 Å². The first-order valence-electron chi connectivity index (χ1n) is 8.36. The summed E-state index contributed by atoms with van der Waals surface area (Å²) in [6.07, 6.45) is 2.16. The first kappa shape index (κ1) is 14.3. The van der Waals surface area contributed by atoms with Gasteiger partial charge in [-0.1, -0.05) is 74.0 Å². The predicted molar refractivity (Wildman–Crippen MR) is 94.5 cm³/mol. The molecule has 2 nitrogen and oxygen atoms in total. The van der Waals surface area contributed by atoms with E-state index in [2.05, 4.69) is 72.9 Å². The third kappa shape index (κ3) is 2.60. The van der Waals surface area contributed by atoms with Crippen molar-refractivity contribution in [3.63, 3.8) is 0 Å². The minimum atomic E-state index is -0.0820. The normalized spacial score (nSPS) is 20.0. The number of benzene rings is 3. The minimum Gasteiger partial charge on any atom is -0.471 e. The molecule has 0 radical (unpaired) electrons. The summed E-state index contributed by atoms with van der Waals surface area (Å²) in [5, 5.41) is 6.26. The van der Waals surface area contributed by atoms with Gasteiger partial charge in [-0.2, -0.15) is 0 Å². The van der Waals surface area contributed by atoms with Gasteiger partial charge in [-0.05, 0) is 23.3 Å². The Kier molecular flexibility index (Phi) is 3.76. The van der Waals surface area contributed by atoms with Crippen LogP contribution in [0.3, 0.4) is 0 Å². The third-order valence-corrected chi connectivity index (χ3v) is 4.56. The standard InChI is InChI=1S/C21H21NO/c1-2-8-18-20-17-12-7-6-9-15(17)13-14-19(20)23-21(22-18)16-10-4-3-5-11-16/h3-7,9-14,18,21-22H,2,8H2,1H3/t18-,21+/m1/s1. The maximum Gasteiger partial charge on any atom is 0.177 e. The van der Waals surface area contributed by atoms with E-state index in [1.165, 1.54) is 21.9 Å². The second-order valence-corrected chi connectivity index (χ2v) is 6.12.